The van der Waals surface area contributed by atoms with E-state index in [2.05, 4.69) is 6.07 Å². The van der Waals surface area contributed by atoms with E-state index in [1.165, 1.54) is 0 Å². The lowest BCUT2D eigenvalue weighted by Crippen LogP contribution is -2.50. The van der Waals surface area contributed by atoms with E-state index in [1.54, 1.807) is 4.90 Å². The van der Waals surface area contributed by atoms with Crippen molar-refractivity contribution in [1.82, 2.24) is 0 Å². The van der Waals surface area contributed by atoms with Gasteiger partial charge in [-0.1, -0.05) is 32.0 Å². The number of benzene rings is 1. The molecule has 1 aromatic carbocycles. The Bertz CT molecular complexity index is 1070. The Morgan fingerprint density at radius 1 is 1.25 bits per heavy atom. The minimum atomic E-state index is -1.48. The predicted molar refractivity (Wildman–Crippen MR) is 102 cm³/mol. The van der Waals surface area contributed by atoms with Crippen molar-refractivity contribution < 1.29 is 14.3 Å². The lowest BCUT2D eigenvalue weighted by Gasteiger charge is -2.41. The third kappa shape index (κ3) is 1.86. The molecule has 0 bridgehead atoms. The second kappa shape index (κ2) is 5.26. The smallest absolute Gasteiger partial charge is 0.247 e. The number of allylic oxidation sites excluding steroid dienone is 1. The third-order valence-electron chi connectivity index (χ3n) is 6.36. The fourth-order valence-corrected chi connectivity index (χ4v) is 5.36. The van der Waals surface area contributed by atoms with Gasteiger partial charge in [0.25, 0.3) is 0 Å². The zero-order valence-electron chi connectivity index (χ0n) is 16.0. The summed E-state index contributed by atoms with van der Waals surface area (Å²) < 4.78 is 5.79. The molecule has 1 amide bonds. The summed E-state index contributed by atoms with van der Waals surface area (Å²) in [6.45, 7) is 4.56. The van der Waals surface area contributed by atoms with Crippen molar-refractivity contribution in [3.05, 3.63) is 52.1 Å². The average molecular weight is 375 g/mol. The van der Waals surface area contributed by atoms with Crippen LogP contribution in [0.25, 0.3) is 0 Å². The van der Waals surface area contributed by atoms with Crippen LogP contribution in [0.3, 0.4) is 0 Å². The molecule has 1 aromatic rings. The number of carbonyl (C=O) groups excluding carboxylic acids is 2. The molecule has 1 aliphatic carbocycles. The van der Waals surface area contributed by atoms with E-state index in [9.17, 15) is 14.9 Å². The molecule has 0 fully saturated rings. The first kappa shape index (κ1) is 17.1. The van der Waals surface area contributed by atoms with Crippen LogP contribution in [0.15, 0.2) is 41.0 Å². The number of fused-ring (bicyclic) bond motifs is 2. The van der Waals surface area contributed by atoms with Gasteiger partial charge in [-0.2, -0.15) is 5.26 Å². The maximum atomic E-state index is 13.9. The van der Waals surface area contributed by atoms with Crippen LogP contribution >= 0.6 is 0 Å². The van der Waals surface area contributed by atoms with Crippen molar-refractivity contribution in [1.29, 1.82) is 5.26 Å². The van der Waals surface area contributed by atoms with E-state index < -0.39 is 5.41 Å². The Balaban J connectivity index is 1.89. The number of carbonyl (C=O) groups is 2. The van der Waals surface area contributed by atoms with Gasteiger partial charge in [-0.15, -0.1) is 0 Å². The number of ether oxygens (including phenoxy) is 1. The molecule has 6 heteroatoms. The maximum Gasteiger partial charge on any atom is 0.247 e. The van der Waals surface area contributed by atoms with Crippen molar-refractivity contribution in [2.45, 2.75) is 44.9 Å². The number of ketones is 1. The fraction of sp³-hybridized carbons (Fsp3) is 0.409. The monoisotopic (exact) mass is 375 g/mol. The number of nitrogens with two attached hydrogens (primary N) is 1. The van der Waals surface area contributed by atoms with E-state index in [0.29, 0.717) is 36.3 Å². The van der Waals surface area contributed by atoms with Crippen LogP contribution in [0.4, 0.5) is 5.69 Å². The number of amides is 1. The standard InChI is InChI=1S/C22H21N3O3/c1-21(2)9-15(26)17-16(10-21)28-19(24)14(11-23)22(17)13-7-3-5-12-6-4-8-25(18(12)13)20(22)27/h3,5,7H,4,6,8-10,24H2,1-2H3/t22-/m1/s1. The number of nitriles is 1. The molecule has 0 aromatic heterocycles. The number of Topliss-reactive ketones (excluding diaryl/α,β-unsaturated/α-hetero) is 1. The number of aryl methyl sites for hydroxylation is 1. The summed E-state index contributed by atoms with van der Waals surface area (Å²) in [4.78, 5) is 29.0. The van der Waals surface area contributed by atoms with Crippen LogP contribution in [-0.4, -0.2) is 18.2 Å². The van der Waals surface area contributed by atoms with Gasteiger partial charge < -0.3 is 15.4 Å². The summed E-state index contributed by atoms with van der Waals surface area (Å²) in [7, 11) is 0. The predicted octanol–water partition coefficient (Wildman–Crippen LogP) is 2.58. The lowest BCUT2D eigenvalue weighted by molar-refractivity contribution is -0.125. The molecule has 5 rings (SSSR count). The Kier molecular flexibility index (Phi) is 3.20. The van der Waals surface area contributed by atoms with Gasteiger partial charge in [0.05, 0.1) is 11.3 Å². The highest BCUT2D eigenvalue weighted by Crippen LogP contribution is 2.58. The molecular formula is C22H21N3O3. The number of para-hydroxylation sites is 1. The van der Waals surface area contributed by atoms with Crippen LogP contribution in [0.1, 0.15) is 44.2 Å². The highest BCUT2D eigenvalue weighted by atomic mass is 16.5. The SMILES string of the molecule is CC1(C)CC(=O)C2=C(C1)OC(N)=C(C#N)[C@@]21C(=O)N2CCCc3cccc1c32. The molecule has 0 saturated carbocycles. The number of anilines is 1. The summed E-state index contributed by atoms with van der Waals surface area (Å²) in [5, 5.41) is 9.98. The van der Waals surface area contributed by atoms with Crippen LogP contribution in [0.2, 0.25) is 0 Å². The number of nitrogens with zero attached hydrogens (tertiary/aromatic N) is 2. The van der Waals surface area contributed by atoms with Crippen LogP contribution in [-0.2, 0) is 26.2 Å². The summed E-state index contributed by atoms with van der Waals surface area (Å²) in [6, 6.07) is 7.88. The van der Waals surface area contributed by atoms with Gasteiger partial charge in [-0.3, -0.25) is 9.59 Å². The van der Waals surface area contributed by atoms with Crippen LogP contribution in [0.5, 0.6) is 0 Å². The molecule has 4 aliphatic rings. The Morgan fingerprint density at radius 3 is 2.79 bits per heavy atom. The van der Waals surface area contributed by atoms with Crippen LogP contribution < -0.4 is 10.6 Å². The number of hydrogen-bond acceptors (Lipinski definition) is 5. The molecule has 6 nitrogen and oxygen atoms in total. The quantitative estimate of drug-likeness (QED) is 0.752. The van der Waals surface area contributed by atoms with Gasteiger partial charge in [-0.05, 0) is 23.8 Å². The summed E-state index contributed by atoms with van der Waals surface area (Å²) in [5.74, 6) is -0.0311. The first-order valence-electron chi connectivity index (χ1n) is 9.60. The average Bonchev–Trinajstić information content (AvgIpc) is 2.86. The molecule has 142 valence electrons. The molecular weight excluding hydrogens is 354 g/mol. The Morgan fingerprint density at radius 2 is 2.04 bits per heavy atom. The first-order chi connectivity index (χ1) is 13.3. The minimum absolute atomic E-state index is 0.0344. The molecule has 0 radical (unpaired) electrons. The molecule has 1 atom stereocenters. The van der Waals surface area contributed by atoms with Gasteiger partial charge in [0.15, 0.2) is 5.78 Å². The zero-order chi connectivity index (χ0) is 19.8. The van der Waals surface area contributed by atoms with Crippen molar-refractivity contribution in [3.63, 3.8) is 0 Å². The first-order valence-corrected chi connectivity index (χ1v) is 9.60. The molecule has 3 aliphatic heterocycles. The number of rotatable bonds is 0. The topological polar surface area (TPSA) is 96.4 Å². The summed E-state index contributed by atoms with van der Waals surface area (Å²) in [6.07, 6.45) is 2.52. The van der Waals surface area contributed by atoms with Crippen molar-refractivity contribution in [3.8, 4) is 6.07 Å². The fourth-order valence-electron chi connectivity index (χ4n) is 5.36. The van der Waals surface area contributed by atoms with E-state index >= 15 is 0 Å². The molecule has 2 N–H and O–H groups in total. The Labute approximate surface area is 163 Å². The second-order valence-electron chi connectivity index (χ2n) is 8.82. The van der Waals surface area contributed by atoms with Crippen molar-refractivity contribution in [2.75, 3.05) is 11.4 Å². The highest BCUT2D eigenvalue weighted by molar-refractivity contribution is 6.20. The molecule has 0 saturated heterocycles. The van der Waals surface area contributed by atoms with Crippen molar-refractivity contribution >= 4 is 17.4 Å². The summed E-state index contributed by atoms with van der Waals surface area (Å²) >= 11 is 0. The van der Waals surface area contributed by atoms with Crippen LogP contribution in [0, 0.1) is 16.7 Å². The minimum Gasteiger partial charge on any atom is -0.444 e. The van der Waals surface area contributed by atoms with Gasteiger partial charge in [-0.25, -0.2) is 0 Å². The van der Waals surface area contributed by atoms with E-state index in [4.69, 9.17) is 10.5 Å². The van der Waals surface area contributed by atoms with Gasteiger partial charge in [0.2, 0.25) is 11.8 Å². The zero-order valence-corrected chi connectivity index (χ0v) is 16.0. The largest absolute Gasteiger partial charge is 0.444 e. The lowest BCUT2D eigenvalue weighted by atomic mass is 9.62. The Hall–Kier alpha value is -3.07. The normalized spacial score (nSPS) is 27.5. The third-order valence-corrected chi connectivity index (χ3v) is 6.36. The van der Waals surface area contributed by atoms with Crippen molar-refractivity contribution in [2.24, 2.45) is 11.1 Å². The van der Waals surface area contributed by atoms with E-state index in [1.807, 2.05) is 32.0 Å². The second-order valence-corrected chi connectivity index (χ2v) is 8.82. The molecule has 0 unspecified atom stereocenters. The highest BCUT2D eigenvalue weighted by Gasteiger charge is 2.63. The van der Waals surface area contributed by atoms with Gasteiger partial charge in [0, 0.05) is 24.9 Å². The summed E-state index contributed by atoms with van der Waals surface area (Å²) in [5.41, 5.74) is 7.34. The molecule has 28 heavy (non-hydrogen) atoms. The molecule has 1 spiro atoms. The van der Waals surface area contributed by atoms with Gasteiger partial charge in [0.1, 0.15) is 22.8 Å². The van der Waals surface area contributed by atoms with E-state index in [0.717, 1.165) is 24.1 Å². The van der Waals surface area contributed by atoms with Gasteiger partial charge >= 0.3 is 0 Å². The molecule has 3 heterocycles. The van der Waals surface area contributed by atoms with E-state index in [-0.39, 0.29) is 28.6 Å². The maximum absolute atomic E-state index is 13.9. The number of hydrogen-bond donors (Lipinski definition) is 1.